The number of halogens is 6. The molecule has 166 valence electrons. The zero-order chi connectivity index (χ0) is 22.9. The van der Waals surface area contributed by atoms with Crippen molar-refractivity contribution in [2.24, 2.45) is 0 Å². The van der Waals surface area contributed by atoms with Gasteiger partial charge in [0.2, 0.25) is 0 Å². The van der Waals surface area contributed by atoms with E-state index in [1.165, 1.54) is 17.8 Å². The molecule has 2 heterocycles. The first-order chi connectivity index (χ1) is 13.7. The van der Waals surface area contributed by atoms with Gasteiger partial charge >= 0.3 is 18.3 Å². The van der Waals surface area contributed by atoms with Gasteiger partial charge in [-0.05, 0) is 27.7 Å². The summed E-state index contributed by atoms with van der Waals surface area (Å²) in [5.74, 6) is -1.66. The summed E-state index contributed by atoms with van der Waals surface area (Å²) < 4.78 is 81.2. The lowest BCUT2D eigenvalue weighted by atomic mass is 10.3. The van der Waals surface area contributed by atoms with Gasteiger partial charge in [-0.2, -0.15) is 26.3 Å². The summed E-state index contributed by atoms with van der Waals surface area (Å²) in [6.45, 7) is 7.51. The average molecular weight is 471 g/mol. The Morgan fingerprint density at radius 3 is 1.93 bits per heavy atom. The van der Waals surface area contributed by atoms with E-state index in [1.807, 2.05) is 27.7 Å². The zero-order valence-electron chi connectivity index (χ0n) is 16.5. The normalized spacial score (nSPS) is 13.4. The van der Waals surface area contributed by atoms with Crippen LogP contribution in [0.3, 0.4) is 0 Å². The van der Waals surface area contributed by atoms with E-state index in [1.54, 1.807) is 12.1 Å². The Labute approximate surface area is 174 Å². The van der Waals surface area contributed by atoms with Gasteiger partial charge in [-0.25, -0.2) is 14.8 Å². The van der Waals surface area contributed by atoms with Crippen LogP contribution in [0.2, 0.25) is 11.1 Å². The minimum atomic E-state index is -5.78. The molecular formula is C18H20F6N2O2SSi. The first-order valence-electron chi connectivity index (χ1n) is 8.93. The SMILES string of the molecule is CC(C)[Si](c1ncccn1)(c1ccsc1C(=O)OC(C(F)(F)F)C(F)(F)F)C(C)C. The van der Waals surface area contributed by atoms with Crippen molar-refractivity contribution in [2.75, 3.05) is 0 Å². The van der Waals surface area contributed by atoms with Crippen LogP contribution in [0.4, 0.5) is 26.3 Å². The maximum atomic E-state index is 12.9. The molecule has 0 atom stereocenters. The van der Waals surface area contributed by atoms with Gasteiger partial charge in [-0.15, -0.1) is 11.3 Å². The standard InChI is InChI=1S/C18H20F6N2O2SSi/c1-10(2)30(11(3)4,16-25-7-5-8-26-16)12-6-9-29-13(12)14(27)28-15(17(19,20)21)18(22,23)24/h5-11,15H,1-4H3. The minimum Gasteiger partial charge on any atom is -0.439 e. The van der Waals surface area contributed by atoms with Gasteiger partial charge in [-0.3, -0.25) is 0 Å². The van der Waals surface area contributed by atoms with Crippen LogP contribution in [0.15, 0.2) is 29.9 Å². The topological polar surface area (TPSA) is 52.1 Å². The highest BCUT2D eigenvalue weighted by Gasteiger charge is 2.60. The molecule has 0 saturated heterocycles. The summed E-state index contributed by atoms with van der Waals surface area (Å²) in [5.41, 5.74) is 0.231. The van der Waals surface area contributed by atoms with Crippen LogP contribution in [0.5, 0.6) is 0 Å². The minimum absolute atomic E-state index is 0.109. The van der Waals surface area contributed by atoms with Crippen molar-refractivity contribution in [2.45, 2.75) is 57.2 Å². The van der Waals surface area contributed by atoms with E-state index < -0.39 is 32.5 Å². The van der Waals surface area contributed by atoms with Gasteiger partial charge in [0, 0.05) is 12.4 Å². The maximum Gasteiger partial charge on any atom is 0.434 e. The highest BCUT2D eigenvalue weighted by atomic mass is 32.1. The largest absolute Gasteiger partial charge is 0.439 e. The molecule has 0 saturated carbocycles. The molecule has 0 radical (unpaired) electrons. The third-order valence-electron chi connectivity index (χ3n) is 4.87. The van der Waals surface area contributed by atoms with Gasteiger partial charge in [0.1, 0.15) is 10.3 Å². The van der Waals surface area contributed by atoms with E-state index in [4.69, 9.17) is 0 Å². The number of alkyl halides is 6. The van der Waals surface area contributed by atoms with Crippen molar-refractivity contribution in [3.05, 3.63) is 34.8 Å². The second kappa shape index (κ2) is 8.65. The predicted octanol–water partition coefficient (Wildman–Crippen LogP) is 4.57. The van der Waals surface area contributed by atoms with Crippen LogP contribution < -0.4 is 10.6 Å². The lowest BCUT2D eigenvalue weighted by Gasteiger charge is -2.38. The first-order valence-corrected chi connectivity index (χ1v) is 12.0. The van der Waals surface area contributed by atoms with Crippen LogP contribution in [-0.2, 0) is 4.74 Å². The monoisotopic (exact) mass is 470 g/mol. The van der Waals surface area contributed by atoms with Crippen molar-refractivity contribution in [1.82, 2.24) is 9.97 Å². The van der Waals surface area contributed by atoms with E-state index >= 15 is 0 Å². The molecule has 0 aliphatic rings. The smallest absolute Gasteiger partial charge is 0.434 e. The lowest BCUT2D eigenvalue weighted by Crippen LogP contribution is -2.65. The van der Waals surface area contributed by atoms with Crippen molar-refractivity contribution in [3.8, 4) is 0 Å². The number of thiophene rings is 1. The number of aromatic nitrogens is 2. The number of nitrogens with zero attached hydrogens (tertiary/aromatic N) is 2. The summed E-state index contributed by atoms with van der Waals surface area (Å²) in [4.78, 5) is 20.9. The maximum absolute atomic E-state index is 12.9. The van der Waals surface area contributed by atoms with E-state index in [-0.39, 0.29) is 16.0 Å². The number of carbonyl (C=O) groups excluding carboxylic acids is 1. The Morgan fingerprint density at radius 1 is 1.00 bits per heavy atom. The van der Waals surface area contributed by atoms with Crippen molar-refractivity contribution >= 4 is 36.0 Å². The van der Waals surface area contributed by atoms with Gasteiger partial charge in [0.15, 0.2) is 8.07 Å². The summed E-state index contributed by atoms with van der Waals surface area (Å²) in [7, 11) is -2.98. The fraction of sp³-hybridized carbons (Fsp3) is 0.500. The van der Waals surface area contributed by atoms with E-state index in [2.05, 4.69) is 14.7 Å². The highest BCUT2D eigenvalue weighted by molar-refractivity contribution is 7.16. The van der Waals surface area contributed by atoms with Crippen LogP contribution >= 0.6 is 11.3 Å². The van der Waals surface area contributed by atoms with Crippen LogP contribution in [0.25, 0.3) is 0 Å². The quantitative estimate of drug-likeness (QED) is 0.353. The number of esters is 1. The fourth-order valence-corrected chi connectivity index (χ4v) is 10.5. The number of ether oxygens (including phenoxy) is 1. The average Bonchev–Trinajstić information content (AvgIpc) is 3.08. The van der Waals surface area contributed by atoms with Crippen LogP contribution in [0.1, 0.15) is 37.4 Å². The molecule has 0 aliphatic heterocycles. The number of hydrogen-bond acceptors (Lipinski definition) is 5. The zero-order valence-corrected chi connectivity index (χ0v) is 18.3. The molecule has 2 aromatic heterocycles. The summed E-state index contributed by atoms with van der Waals surface area (Å²) in [6, 6.07) is 3.16. The molecule has 2 rings (SSSR count). The van der Waals surface area contributed by atoms with Gasteiger partial charge in [0.25, 0.3) is 6.10 Å². The Balaban J connectivity index is 2.61. The molecule has 0 unspecified atom stereocenters. The Bertz CT molecular complexity index is 846. The predicted molar refractivity (Wildman–Crippen MR) is 103 cm³/mol. The summed E-state index contributed by atoms with van der Waals surface area (Å²) in [6.07, 6.45) is -12.7. The molecule has 2 aromatic rings. The second-order valence-electron chi connectivity index (χ2n) is 7.28. The van der Waals surface area contributed by atoms with E-state index in [0.29, 0.717) is 10.6 Å². The van der Waals surface area contributed by atoms with Gasteiger partial charge in [0.05, 0.1) is 0 Å². The third-order valence-corrected chi connectivity index (χ3v) is 11.9. The number of carbonyl (C=O) groups is 1. The molecule has 30 heavy (non-hydrogen) atoms. The Hall–Kier alpha value is -1.95. The molecule has 0 amide bonds. The highest BCUT2D eigenvalue weighted by Crippen LogP contribution is 2.37. The third kappa shape index (κ3) is 4.53. The van der Waals surface area contributed by atoms with Crippen molar-refractivity contribution < 1.29 is 35.9 Å². The molecule has 0 fully saturated rings. The number of hydrogen-bond donors (Lipinski definition) is 0. The molecule has 12 heteroatoms. The molecule has 4 nitrogen and oxygen atoms in total. The van der Waals surface area contributed by atoms with Crippen molar-refractivity contribution in [1.29, 1.82) is 0 Å². The molecule has 0 aromatic carbocycles. The molecule has 0 N–H and O–H groups in total. The Kier molecular flexibility index (Phi) is 7.01. The van der Waals surface area contributed by atoms with Gasteiger partial charge in [-0.1, -0.05) is 33.8 Å². The summed E-state index contributed by atoms with van der Waals surface area (Å²) in [5, 5.41) is 1.83. The fourth-order valence-electron chi connectivity index (χ4n) is 3.71. The van der Waals surface area contributed by atoms with Gasteiger partial charge < -0.3 is 4.74 Å². The van der Waals surface area contributed by atoms with E-state index in [0.717, 1.165) is 11.3 Å². The van der Waals surface area contributed by atoms with E-state index in [9.17, 15) is 31.1 Å². The lowest BCUT2D eigenvalue weighted by molar-refractivity contribution is -0.307. The molecule has 0 bridgehead atoms. The Morgan fingerprint density at radius 2 is 1.50 bits per heavy atom. The number of rotatable bonds is 6. The van der Waals surface area contributed by atoms with Crippen LogP contribution in [-0.4, -0.2) is 42.5 Å². The molecule has 0 aliphatic carbocycles. The van der Waals surface area contributed by atoms with Crippen LogP contribution in [0, 0.1) is 0 Å². The second-order valence-corrected chi connectivity index (χ2v) is 13.2. The summed E-state index contributed by atoms with van der Waals surface area (Å²) >= 11 is 0.747. The van der Waals surface area contributed by atoms with Crippen molar-refractivity contribution in [3.63, 3.8) is 0 Å². The molecule has 0 spiro atoms. The molecular weight excluding hydrogens is 450 g/mol. The first kappa shape index (κ1) is 24.3.